The largest absolute Gasteiger partial charge is 0.454 e. The van der Waals surface area contributed by atoms with Gasteiger partial charge < -0.3 is 20.1 Å². The van der Waals surface area contributed by atoms with E-state index in [1.165, 1.54) is 33.7 Å². The maximum absolute atomic E-state index is 12.5. The molecule has 0 radical (unpaired) electrons. The molecule has 0 bridgehead atoms. The number of rotatable bonds is 7. The summed E-state index contributed by atoms with van der Waals surface area (Å²) in [4.78, 5) is 24.7. The highest BCUT2D eigenvalue weighted by molar-refractivity contribution is 8.01. The van der Waals surface area contributed by atoms with Crippen LogP contribution in [-0.4, -0.2) is 66.6 Å². The van der Waals surface area contributed by atoms with Crippen LogP contribution >= 0.6 is 23.1 Å². The van der Waals surface area contributed by atoms with Gasteiger partial charge in [-0.2, -0.15) is 0 Å². The molecule has 1 fully saturated rings. The van der Waals surface area contributed by atoms with Crippen LogP contribution in [-0.2, 0) is 19.6 Å². The molecule has 0 spiro atoms. The van der Waals surface area contributed by atoms with Crippen molar-refractivity contribution >= 4 is 55.8 Å². The smallest absolute Gasteiger partial charge is 0.234 e. The van der Waals surface area contributed by atoms with E-state index in [4.69, 9.17) is 9.47 Å². The number of nitrogens with one attached hydrogen (secondary N) is 2. The summed E-state index contributed by atoms with van der Waals surface area (Å²) < 4.78 is 35.6. The molecule has 4 rings (SSSR count). The molecule has 2 aliphatic rings. The number of benzene rings is 1. The Balaban J connectivity index is 1.22. The lowest BCUT2D eigenvalue weighted by molar-refractivity contribution is -0.121. The lowest BCUT2D eigenvalue weighted by Crippen LogP contribution is -2.40. The molecule has 172 valence electrons. The fourth-order valence-electron chi connectivity index (χ4n) is 3.27. The minimum absolute atomic E-state index is 0.126. The Labute approximate surface area is 192 Å². The highest BCUT2D eigenvalue weighted by Crippen LogP contribution is 2.34. The van der Waals surface area contributed by atoms with E-state index in [1.807, 2.05) is 0 Å². The molecule has 32 heavy (non-hydrogen) atoms. The topological polar surface area (TPSA) is 140 Å². The van der Waals surface area contributed by atoms with E-state index in [9.17, 15) is 18.0 Å². The van der Waals surface area contributed by atoms with Gasteiger partial charge in [-0.25, -0.2) is 12.7 Å². The van der Waals surface area contributed by atoms with Gasteiger partial charge in [-0.1, -0.05) is 23.1 Å². The van der Waals surface area contributed by atoms with Crippen molar-refractivity contribution in [2.24, 2.45) is 5.92 Å². The van der Waals surface area contributed by atoms with Gasteiger partial charge in [0.1, 0.15) is 0 Å². The second kappa shape index (κ2) is 9.60. The summed E-state index contributed by atoms with van der Waals surface area (Å²) in [5.41, 5.74) is 0.604. The van der Waals surface area contributed by atoms with Gasteiger partial charge in [-0.05, 0) is 25.0 Å². The Hall–Kier alpha value is -2.42. The molecule has 2 N–H and O–H groups in total. The first-order chi connectivity index (χ1) is 15.3. The van der Waals surface area contributed by atoms with Gasteiger partial charge in [0.2, 0.25) is 33.8 Å². The van der Waals surface area contributed by atoms with E-state index < -0.39 is 10.0 Å². The summed E-state index contributed by atoms with van der Waals surface area (Å²) in [6, 6.07) is 5.16. The molecule has 0 unspecified atom stereocenters. The van der Waals surface area contributed by atoms with Crippen LogP contribution in [0.25, 0.3) is 0 Å². The Bertz CT molecular complexity index is 1110. The third-order valence-corrected chi connectivity index (χ3v) is 8.19. The van der Waals surface area contributed by atoms with E-state index >= 15 is 0 Å². The molecule has 3 heterocycles. The molecule has 0 saturated carbocycles. The summed E-state index contributed by atoms with van der Waals surface area (Å²) in [6.07, 6.45) is 2.09. The molecule has 14 heteroatoms. The zero-order valence-electron chi connectivity index (χ0n) is 17.1. The van der Waals surface area contributed by atoms with E-state index in [2.05, 4.69) is 20.8 Å². The highest BCUT2D eigenvalue weighted by atomic mass is 32.2. The van der Waals surface area contributed by atoms with E-state index in [1.54, 1.807) is 18.2 Å². The maximum atomic E-state index is 12.5. The highest BCUT2D eigenvalue weighted by Gasteiger charge is 2.29. The van der Waals surface area contributed by atoms with Gasteiger partial charge in [0.25, 0.3) is 0 Å². The fraction of sp³-hybridized carbons (Fsp3) is 0.444. The number of hydrogen-bond acceptors (Lipinski definition) is 10. The molecular formula is C18H21N5O6S3. The van der Waals surface area contributed by atoms with Crippen molar-refractivity contribution < 1.29 is 27.5 Å². The van der Waals surface area contributed by atoms with Crippen molar-refractivity contribution in [1.82, 2.24) is 14.5 Å². The fourth-order valence-corrected chi connectivity index (χ4v) is 5.70. The van der Waals surface area contributed by atoms with Crippen LogP contribution in [0.15, 0.2) is 22.5 Å². The number of sulfonamides is 1. The minimum Gasteiger partial charge on any atom is -0.454 e. The number of ether oxygens (including phenoxy) is 2. The molecule has 1 saturated heterocycles. The van der Waals surface area contributed by atoms with Crippen molar-refractivity contribution in [3.8, 4) is 11.5 Å². The third kappa shape index (κ3) is 5.68. The van der Waals surface area contributed by atoms with Crippen molar-refractivity contribution in [1.29, 1.82) is 0 Å². The molecule has 1 aromatic carbocycles. The zero-order chi connectivity index (χ0) is 22.7. The Morgan fingerprint density at radius 1 is 1.19 bits per heavy atom. The van der Waals surface area contributed by atoms with Crippen LogP contribution in [0.2, 0.25) is 0 Å². The molecule has 0 atom stereocenters. The number of hydrogen-bond donors (Lipinski definition) is 2. The van der Waals surface area contributed by atoms with Crippen molar-refractivity contribution in [3.63, 3.8) is 0 Å². The van der Waals surface area contributed by atoms with Gasteiger partial charge in [0.15, 0.2) is 15.8 Å². The zero-order valence-corrected chi connectivity index (χ0v) is 19.5. The van der Waals surface area contributed by atoms with Gasteiger partial charge >= 0.3 is 0 Å². The number of thioether (sulfide) groups is 1. The summed E-state index contributed by atoms with van der Waals surface area (Å²) in [6.45, 7) is 0.817. The molecule has 11 nitrogen and oxygen atoms in total. The number of carbonyl (C=O) groups is 2. The third-order valence-electron chi connectivity index (χ3n) is 4.91. The molecule has 2 aromatic rings. The van der Waals surface area contributed by atoms with Crippen LogP contribution in [0, 0.1) is 5.92 Å². The van der Waals surface area contributed by atoms with Crippen molar-refractivity contribution in [2.75, 3.05) is 42.5 Å². The van der Waals surface area contributed by atoms with Crippen LogP contribution in [0.5, 0.6) is 11.5 Å². The van der Waals surface area contributed by atoms with Gasteiger partial charge in [-0.15, -0.1) is 10.2 Å². The molecular weight excluding hydrogens is 478 g/mol. The Morgan fingerprint density at radius 2 is 1.94 bits per heavy atom. The van der Waals surface area contributed by atoms with Crippen LogP contribution in [0.1, 0.15) is 12.8 Å². The average molecular weight is 500 g/mol. The number of amides is 2. The lowest BCUT2D eigenvalue weighted by atomic mass is 9.97. The second-order valence-electron chi connectivity index (χ2n) is 7.20. The van der Waals surface area contributed by atoms with Gasteiger partial charge in [-0.3, -0.25) is 9.59 Å². The molecule has 1 aromatic heterocycles. The number of carbonyl (C=O) groups excluding carboxylic acids is 2. The number of aromatic nitrogens is 2. The number of fused-ring (bicyclic) bond motifs is 1. The summed E-state index contributed by atoms with van der Waals surface area (Å²) in [5.74, 6) is 0.656. The first-order valence-corrected chi connectivity index (χ1v) is 13.3. The number of piperidine rings is 1. The normalized spacial score (nSPS) is 16.7. The number of anilines is 2. The molecule has 2 aliphatic heterocycles. The van der Waals surface area contributed by atoms with E-state index in [0.29, 0.717) is 52.6 Å². The summed E-state index contributed by atoms with van der Waals surface area (Å²) in [5, 5.41) is 13.8. The average Bonchev–Trinajstić information content (AvgIpc) is 3.40. The Kier molecular flexibility index (Phi) is 6.83. The van der Waals surface area contributed by atoms with E-state index in [-0.39, 0.29) is 30.3 Å². The minimum atomic E-state index is -3.23. The Morgan fingerprint density at radius 3 is 2.69 bits per heavy atom. The van der Waals surface area contributed by atoms with Crippen LogP contribution in [0.4, 0.5) is 10.8 Å². The standard InChI is InChI=1S/C18H21N5O6S3/c1-32(26,27)23-6-4-11(5-7-23)16(25)20-17-21-22-18(31-17)30-9-15(24)19-12-2-3-13-14(8-12)29-10-28-13/h2-3,8,11H,4-7,9-10H2,1H3,(H,19,24)(H,20,21,25). The summed E-state index contributed by atoms with van der Waals surface area (Å²) >= 11 is 2.39. The van der Waals surface area contributed by atoms with Crippen LogP contribution in [0.3, 0.4) is 0 Å². The quantitative estimate of drug-likeness (QED) is 0.429. The first-order valence-electron chi connectivity index (χ1n) is 9.70. The van der Waals surface area contributed by atoms with Crippen molar-refractivity contribution in [2.45, 2.75) is 17.2 Å². The predicted molar refractivity (Wildman–Crippen MR) is 120 cm³/mol. The number of nitrogens with zero attached hydrogens (tertiary/aromatic N) is 3. The lowest BCUT2D eigenvalue weighted by Gasteiger charge is -2.29. The summed E-state index contributed by atoms with van der Waals surface area (Å²) in [7, 11) is -3.23. The van der Waals surface area contributed by atoms with Gasteiger partial charge in [0.05, 0.1) is 12.0 Å². The maximum Gasteiger partial charge on any atom is 0.234 e. The monoisotopic (exact) mass is 499 g/mol. The van der Waals surface area contributed by atoms with Gasteiger partial charge in [0, 0.05) is 30.8 Å². The van der Waals surface area contributed by atoms with E-state index in [0.717, 1.165) is 0 Å². The van der Waals surface area contributed by atoms with Crippen LogP contribution < -0.4 is 20.1 Å². The first kappa shape index (κ1) is 22.8. The SMILES string of the molecule is CS(=O)(=O)N1CCC(C(=O)Nc2nnc(SCC(=O)Nc3ccc4c(c3)OCO4)s2)CC1. The molecule has 2 amide bonds. The second-order valence-corrected chi connectivity index (χ2v) is 11.4. The van der Waals surface area contributed by atoms with Crippen molar-refractivity contribution in [3.05, 3.63) is 18.2 Å². The molecule has 0 aliphatic carbocycles. The predicted octanol–water partition coefficient (Wildman–Crippen LogP) is 1.61.